The summed E-state index contributed by atoms with van der Waals surface area (Å²) in [4.78, 5) is 4.31. The number of nitrogens with zero attached hydrogens (tertiary/aromatic N) is 2. The van der Waals surface area contributed by atoms with Crippen LogP contribution in [0.3, 0.4) is 0 Å². The second-order valence-corrected chi connectivity index (χ2v) is 5.16. The van der Waals surface area contributed by atoms with Crippen LogP contribution >= 0.6 is 0 Å². The summed E-state index contributed by atoms with van der Waals surface area (Å²) in [5, 5.41) is 0. The van der Waals surface area contributed by atoms with E-state index in [1.807, 2.05) is 30.1 Å². The molecule has 0 atom stereocenters. The molecule has 2 aromatic rings. The van der Waals surface area contributed by atoms with E-state index in [1.165, 1.54) is 0 Å². The van der Waals surface area contributed by atoms with E-state index in [2.05, 4.69) is 11.1 Å². The van der Waals surface area contributed by atoms with Crippen LogP contribution in [0.5, 0.6) is 5.75 Å². The van der Waals surface area contributed by atoms with Crippen molar-refractivity contribution < 1.29 is 4.74 Å². The van der Waals surface area contributed by atoms with Crippen LogP contribution < -0.4 is 10.5 Å². The van der Waals surface area contributed by atoms with Gasteiger partial charge in [-0.25, -0.2) is 4.98 Å². The van der Waals surface area contributed by atoms with Gasteiger partial charge in [0.25, 0.3) is 0 Å². The summed E-state index contributed by atoms with van der Waals surface area (Å²) in [6, 6.07) is 6.45. The Morgan fingerprint density at radius 1 is 1.28 bits per heavy atom. The van der Waals surface area contributed by atoms with Gasteiger partial charge in [0, 0.05) is 19.2 Å². The van der Waals surface area contributed by atoms with E-state index in [0.29, 0.717) is 12.1 Å². The highest BCUT2D eigenvalue weighted by Crippen LogP contribution is 2.25. The number of imidazole rings is 1. The molecule has 2 N–H and O–H groups in total. The predicted octanol–water partition coefficient (Wildman–Crippen LogP) is 2.22. The van der Waals surface area contributed by atoms with Crippen molar-refractivity contribution in [3.05, 3.63) is 24.5 Å². The van der Waals surface area contributed by atoms with Crippen LogP contribution in [0.2, 0.25) is 0 Å². The molecule has 18 heavy (non-hydrogen) atoms. The van der Waals surface area contributed by atoms with Crippen molar-refractivity contribution in [2.45, 2.75) is 37.8 Å². The molecule has 3 rings (SSSR count). The Balaban J connectivity index is 1.76. The quantitative estimate of drug-likeness (QED) is 0.882. The lowest BCUT2D eigenvalue weighted by molar-refractivity contribution is 0.147. The van der Waals surface area contributed by atoms with Gasteiger partial charge in [0.2, 0.25) is 0 Å². The normalized spacial score (nSPS) is 24.3. The SMILES string of the molecule is Cn1cnc2ccc(OC3CCC(N)CC3)cc21. The first-order valence-corrected chi connectivity index (χ1v) is 6.56. The smallest absolute Gasteiger partial charge is 0.121 e. The summed E-state index contributed by atoms with van der Waals surface area (Å²) < 4.78 is 8.05. The highest BCUT2D eigenvalue weighted by molar-refractivity contribution is 5.76. The summed E-state index contributed by atoms with van der Waals surface area (Å²) in [6.07, 6.45) is 6.40. The third-order valence-electron chi connectivity index (χ3n) is 3.72. The number of aryl methyl sites for hydroxylation is 1. The molecule has 0 unspecified atom stereocenters. The number of benzene rings is 1. The lowest BCUT2D eigenvalue weighted by Gasteiger charge is -2.26. The minimum absolute atomic E-state index is 0.315. The molecule has 1 fully saturated rings. The Morgan fingerprint density at radius 2 is 2.06 bits per heavy atom. The number of nitrogens with two attached hydrogens (primary N) is 1. The number of hydrogen-bond donors (Lipinski definition) is 1. The lowest BCUT2D eigenvalue weighted by Crippen LogP contribution is -2.31. The van der Waals surface area contributed by atoms with Crippen LogP contribution in [0, 0.1) is 0 Å². The first-order valence-electron chi connectivity index (χ1n) is 6.56. The lowest BCUT2D eigenvalue weighted by atomic mass is 9.94. The van der Waals surface area contributed by atoms with Gasteiger partial charge in [-0.05, 0) is 37.8 Å². The summed E-state index contributed by atoms with van der Waals surface area (Å²) in [7, 11) is 2.00. The topological polar surface area (TPSA) is 53.1 Å². The van der Waals surface area contributed by atoms with Crippen molar-refractivity contribution in [1.29, 1.82) is 0 Å². The molecule has 0 aliphatic heterocycles. The molecule has 1 aliphatic carbocycles. The van der Waals surface area contributed by atoms with Crippen LogP contribution in [-0.4, -0.2) is 21.7 Å². The van der Waals surface area contributed by atoms with Crippen molar-refractivity contribution in [2.24, 2.45) is 12.8 Å². The van der Waals surface area contributed by atoms with Crippen molar-refractivity contribution in [1.82, 2.24) is 9.55 Å². The van der Waals surface area contributed by atoms with Gasteiger partial charge >= 0.3 is 0 Å². The molecular weight excluding hydrogens is 226 g/mol. The second-order valence-electron chi connectivity index (χ2n) is 5.16. The van der Waals surface area contributed by atoms with E-state index in [0.717, 1.165) is 42.5 Å². The minimum atomic E-state index is 0.315. The van der Waals surface area contributed by atoms with Gasteiger partial charge < -0.3 is 15.0 Å². The average Bonchev–Trinajstić information content (AvgIpc) is 2.74. The largest absolute Gasteiger partial charge is 0.490 e. The Labute approximate surface area is 107 Å². The molecule has 1 heterocycles. The number of aromatic nitrogens is 2. The Morgan fingerprint density at radius 3 is 2.83 bits per heavy atom. The standard InChI is InChI=1S/C14H19N3O/c1-17-9-16-13-7-6-12(8-14(13)17)18-11-4-2-10(15)3-5-11/h6-11H,2-5,15H2,1H3. The van der Waals surface area contributed by atoms with Crippen LogP contribution in [0.25, 0.3) is 11.0 Å². The van der Waals surface area contributed by atoms with Gasteiger partial charge in [-0.15, -0.1) is 0 Å². The van der Waals surface area contributed by atoms with Crippen molar-refractivity contribution in [3.8, 4) is 5.75 Å². The molecule has 96 valence electrons. The molecule has 0 saturated heterocycles. The second kappa shape index (κ2) is 4.61. The molecule has 1 saturated carbocycles. The molecule has 0 amide bonds. The number of hydrogen-bond acceptors (Lipinski definition) is 3. The molecule has 1 aliphatic rings. The number of rotatable bonds is 2. The summed E-state index contributed by atoms with van der Waals surface area (Å²) in [5.41, 5.74) is 8.02. The Bertz CT molecular complexity index is 541. The fraction of sp³-hybridized carbons (Fsp3) is 0.500. The van der Waals surface area contributed by atoms with Crippen molar-refractivity contribution in [3.63, 3.8) is 0 Å². The first-order chi connectivity index (χ1) is 8.72. The third kappa shape index (κ3) is 2.20. The molecule has 4 heteroatoms. The molecule has 1 aromatic heterocycles. The van der Waals surface area contributed by atoms with E-state index < -0.39 is 0 Å². The molecule has 1 aromatic carbocycles. The van der Waals surface area contributed by atoms with Crippen molar-refractivity contribution in [2.75, 3.05) is 0 Å². The number of fused-ring (bicyclic) bond motifs is 1. The van der Waals surface area contributed by atoms with E-state index in [4.69, 9.17) is 10.5 Å². The summed E-state index contributed by atoms with van der Waals surface area (Å²) >= 11 is 0. The molecule has 4 nitrogen and oxygen atoms in total. The van der Waals surface area contributed by atoms with Crippen molar-refractivity contribution >= 4 is 11.0 Å². The maximum atomic E-state index is 6.04. The van der Waals surface area contributed by atoms with E-state index in [9.17, 15) is 0 Å². The zero-order chi connectivity index (χ0) is 12.5. The minimum Gasteiger partial charge on any atom is -0.490 e. The third-order valence-corrected chi connectivity index (χ3v) is 3.72. The zero-order valence-electron chi connectivity index (χ0n) is 10.7. The maximum Gasteiger partial charge on any atom is 0.121 e. The highest BCUT2D eigenvalue weighted by atomic mass is 16.5. The van der Waals surface area contributed by atoms with Gasteiger partial charge in [-0.2, -0.15) is 0 Å². The zero-order valence-corrected chi connectivity index (χ0v) is 10.7. The maximum absolute atomic E-state index is 6.04. The predicted molar refractivity (Wildman–Crippen MR) is 71.6 cm³/mol. The van der Waals surface area contributed by atoms with Gasteiger partial charge in [-0.1, -0.05) is 0 Å². The van der Waals surface area contributed by atoms with Crippen LogP contribution in [-0.2, 0) is 7.05 Å². The van der Waals surface area contributed by atoms with Crippen LogP contribution in [0.4, 0.5) is 0 Å². The van der Waals surface area contributed by atoms with Gasteiger partial charge in [0.05, 0.1) is 23.5 Å². The fourth-order valence-electron chi connectivity index (χ4n) is 2.58. The van der Waals surface area contributed by atoms with E-state index >= 15 is 0 Å². The van der Waals surface area contributed by atoms with Crippen LogP contribution in [0.1, 0.15) is 25.7 Å². The Hall–Kier alpha value is -1.55. The number of ether oxygens (including phenoxy) is 1. The molecular formula is C14H19N3O. The Kier molecular flexibility index (Phi) is 2.96. The monoisotopic (exact) mass is 245 g/mol. The van der Waals surface area contributed by atoms with Gasteiger partial charge in [0.1, 0.15) is 5.75 Å². The summed E-state index contributed by atoms with van der Waals surface area (Å²) in [6.45, 7) is 0. The molecule has 0 radical (unpaired) electrons. The van der Waals surface area contributed by atoms with E-state index in [-0.39, 0.29) is 0 Å². The van der Waals surface area contributed by atoms with Gasteiger partial charge in [-0.3, -0.25) is 0 Å². The average molecular weight is 245 g/mol. The highest BCUT2D eigenvalue weighted by Gasteiger charge is 2.19. The summed E-state index contributed by atoms with van der Waals surface area (Å²) in [5.74, 6) is 0.937. The van der Waals surface area contributed by atoms with Gasteiger partial charge in [0.15, 0.2) is 0 Å². The van der Waals surface area contributed by atoms with Crippen LogP contribution in [0.15, 0.2) is 24.5 Å². The fourth-order valence-corrected chi connectivity index (χ4v) is 2.58. The molecule has 0 bridgehead atoms. The van der Waals surface area contributed by atoms with E-state index in [1.54, 1.807) is 0 Å². The first kappa shape index (κ1) is 11.5. The molecule has 0 spiro atoms.